The van der Waals surface area contributed by atoms with Gasteiger partial charge >= 0.3 is 0 Å². The van der Waals surface area contributed by atoms with Crippen molar-refractivity contribution in [2.75, 3.05) is 6.54 Å². The summed E-state index contributed by atoms with van der Waals surface area (Å²) >= 11 is 0. The molecule has 0 saturated heterocycles. The molecule has 1 fully saturated rings. The molecule has 94 valence electrons. The van der Waals surface area contributed by atoms with Gasteiger partial charge in [-0.25, -0.2) is 0 Å². The second-order valence-corrected chi connectivity index (χ2v) is 4.72. The zero-order chi connectivity index (χ0) is 13.0. The molecule has 4 heteroatoms. The monoisotopic (exact) mass is 243 g/mol. The number of hydrogen-bond donors (Lipinski definition) is 2. The van der Waals surface area contributed by atoms with Crippen LogP contribution in [-0.4, -0.2) is 23.5 Å². The van der Waals surface area contributed by atoms with Crippen LogP contribution in [0.5, 0.6) is 0 Å². The van der Waals surface area contributed by atoms with E-state index in [-0.39, 0.29) is 5.91 Å². The Morgan fingerprint density at radius 1 is 1.56 bits per heavy atom. The number of amides is 1. The maximum atomic E-state index is 12.0. The van der Waals surface area contributed by atoms with Crippen LogP contribution in [0, 0.1) is 17.8 Å². The fourth-order valence-electron chi connectivity index (χ4n) is 2.07. The van der Waals surface area contributed by atoms with E-state index in [1.807, 2.05) is 0 Å². The van der Waals surface area contributed by atoms with Crippen LogP contribution >= 0.6 is 0 Å². The van der Waals surface area contributed by atoms with Crippen LogP contribution in [0.3, 0.4) is 0 Å². The molecule has 0 spiro atoms. The highest BCUT2D eigenvalue weighted by Gasteiger charge is 2.26. The van der Waals surface area contributed by atoms with Gasteiger partial charge in [0.25, 0.3) is 5.91 Å². The first-order valence-corrected chi connectivity index (χ1v) is 6.14. The summed E-state index contributed by atoms with van der Waals surface area (Å²) in [5, 5.41) is 2.99. The maximum Gasteiger partial charge on any atom is 0.253 e. The van der Waals surface area contributed by atoms with Gasteiger partial charge in [0.15, 0.2) is 0 Å². The quantitative estimate of drug-likeness (QED) is 0.759. The highest BCUT2D eigenvalue weighted by molar-refractivity contribution is 5.94. The fourth-order valence-corrected chi connectivity index (χ4v) is 2.07. The SMILES string of the molecule is CC1CC(NC(=O)c2cncc(C#CCN)c2)C1. The van der Waals surface area contributed by atoms with E-state index < -0.39 is 0 Å². The van der Waals surface area contributed by atoms with Gasteiger partial charge in [0, 0.05) is 24.0 Å². The van der Waals surface area contributed by atoms with E-state index in [0.717, 1.165) is 24.3 Å². The van der Waals surface area contributed by atoms with Crippen LogP contribution in [0.4, 0.5) is 0 Å². The number of nitrogens with zero attached hydrogens (tertiary/aromatic N) is 1. The Labute approximate surface area is 107 Å². The molecule has 0 atom stereocenters. The van der Waals surface area contributed by atoms with Crippen molar-refractivity contribution in [2.24, 2.45) is 11.7 Å². The Morgan fingerprint density at radius 2 is 2.33 bits per heavy atom. The van der Waals surface area contributed by atoms with Crippen molar-refractivity contribution in [1.82, 2.24) is 10.3 Å². The van der Waals surface area contributed by atoms with Crippen molar-refractivity contribution in [2.45, 2.75) is 25.8 Å². The molecule has 0 aromatic carbocycles. The molecule has 0 radical (unpaired) electrons. The van der Waals surface area contributed by atoms with Gasteiger partial charge in [-0.05, 0) is 24.8 Å². The van der Waals surface area contributed by atoms with Crippen molar-refractivity contribution >= 4 is 5.91 Å². The van der Waals surface area contributed by atoms with E-state index in [2.05, 4.69) is 29.1 Å². The van der Waals surface area contributed by atoms with Crippen LogP contribution < -0.4 is 11.1 Å². The van der Waals surface area contributed by atoms with Crippen LogP contribution in [0.25, 0.3) is 0 Å². The molecule has 2 rings (SSSR count). The van der Waals surface area contributed by atoms with Gasteiger partial charge < -0.3 is 11.1 Å². The predicted octanol–water partition coefficient (Wildman–Crippen LogP) is 0.920. The van der Waals surface area contributed by atoms with Crippen LogP contribution in [-0.2, 0) is 0 Å². The lowest BCUT2D eigenvalue weighted by Crippen LogP contribution is -2.43. The van der Waals surface area contributed by atoms with Crippen molar-refractivity contribution in [3.05, 3.63) is 29.6 Å². The number of carbonyl (C=O) groups is 1. The first-order valence-electron chi connectivity index (χ1n) is 6.14. The van der Waals surface area contributed by atoms with Crippen LogP contribution in [0.15, 0.2) is 18.5 Å². The summed E-state index contributed by atoms with van der Waals surface area (Å²) in [6.45, 7) is 2.49. The van der Waals surface area contributed by atoms with Crippen LogP contribution in [0.2, 0.25) is 0 Å². The van der Waals surface area contributed by atoms with E-state index in [4.69, 9.17) is 5.73 Å². The van der Waals surface area contributed by atoms with E-state index in [1.54, 1.807) is 18.5 Å². The largest absolute Gasteiger partial charge is 0.349 e. The van der Waals surface area contributed by atoms with Gasteiger partial charge in [-0.15, -0.1) is 0 Å². The van der Waals surface area contributed by atoms with Crippen molar-refractivity contribution in [1.29, 1.82) is 0 Å². The van der Waals surface area contributed by atoms with Gasteiger partial charge in [-0.3, -0.25) is 9.78 Å². The molecule has 0 unspecified atom stereocenters. The summed E-state index contributed by atoms with van der Waals surface area (Å²) in [5.41, 5.74) is 6.58. The van der Waals surface area contributed by atoms with E-state index in [1.165, 1.54) is 0 Å². The third kappa shape index (κ3) is 3.08. The summed E-state index contributed by atoms with van der Waals surface area (Å²) in [5.74, 6) is 6.26. The first kappa shape index (κ1) is 12.6. The number of pyridine rings is 1. The van der Waals surface area contributed by atoms with E-state index in [9.17, 15) is 4.79 Å². The van der Waals surface area contributed by atoms with Crippen LogP contribution in [0.1, 0.15) is 35.7 Å². The molecule has 1 aromatic heterocycles. The molecule has 3 N–H and O–H groups in total. The number of nitrogens with one attached hydrogen (secondary N) is 1. The van der Waals surface area contributed by atoms with E-state index in [0.29, 0.717) is 18.2 Å². The molecule has 1 aromatic rings. The smallest absolute Gasteiger partial charge is 0.253 e. The van der Waals surface area contributed by atoms with Crippen molar-refractivity contribution in [3.63, 3.8) is 0 Å². The lowest BCUT2D eigenvalue weighted by Gasteiger charge is -2.33. The summed E-state index contributed by atoms with van der Waals surface area (Å²) < 4.78 is 0. The van der Waals surface area contributed by atoms with Crippen molar-refractivity contribution in [3.8, 4) is 11.8 Å². The molecular formula is C14H17N3O. The first-order chi connectivity index (χ1) is 8.69. The Balaban J connectivity index is 2.01. The standard InChI is InChI=1S/C14H17N3O/c1-10-5-13(6-10)17-14(18)12-7-11(3-2-4-15)8-16-9-12/h7-10,13H,4-6,15H2,1H3,(H,17,18). The summed E-state index contributed by atoms with van der Waals surface area (Å²) in [6, 6.07) is 2.05. The molecule has 0 bridgehead atoms. The van der Waals surface area contributed by atoms with Gasteiger partial charge in [-0.2, -0.15) is 0 Å². The zero-order valence-electron chi connectivity index (χ0n) is 10.4. The highest BCUT2D eigenvalue weighted by atomic mass is 16.1. The van der Waals surface area contributed by atoms with E-state index >= 15 is 0 Å². The Hall–Kier alpha value is -1.86. The second kappa shape index (κ2) is 5.65. The Morgan fingerprint density at radius 3 is 3.00 bits per heavy atom. The number of aromatic nitrogens is 1. The Bertz CT molecular complexity index is 495. The molecule has 1 aliphatic carbocycles. The molecule has 1 saturated carbocycles. The van der Waals surface area contributed by atoms with Crippen molar-refractivity contribution < 1.29 is 4.79 Å². The molecule has 1 heterocycles. The minimum Gasteiger partial charge on any atom is -0.349 e. The van der Waals surface area contributed by atoms with Gasteiger partial charge in [-0.1, -0.05) is 18.8 Å². The summed E-state index contributed by atoms with van der Waals surface area (Å²) in [4.78, 5) is 16.0. The summed E-state index contributed by atoms with van der Waals surface area (Å²) in [6.07, 6.45) is 5.31. The number of carbonyl (C=O) groups excluding carboxylic acids is 1. The molecular weight excluding hydrogens is 226 g/mol. The number of hydrogen-bond acceptors (Lipinski definition) is 3. The van der Waals surface area contributed by atoms with Gasteiger partial charge in [0.1, 0.15) is 0 Å². The average molecular weight is 243 g/mol. The maximum absolute atomic E-state index is 12.0. The molecule has 1 amide bonds. The minimum absolute atomic E-state index is 0.0733. The normalized spacial score (nSPS) is 21.4. The lowest BCUT2D eigenvalue weighted by atomic mass is 9.82. The summed E-state index contributed by atoms with van der Waals surface area (Å²) in [7, 11) is 0. The second-order valence-electron chi connectivity index (χ2n) is 4.72. The fraction of sp³-hybridized carbons (Fsp3) is 0.429. The molecule has 4 nitrogen and oxygen atoms in total. The topological polar surface area (TPSA) is 68.0 Å². The predicted molar refractivity (Wildman–Crippen MR) is 69.8 cm³/mol. The zero-order valence-corrected chi connectivity index (χ0v) is 10.4. The van der Waals surface area contributed by atoms with Gasteiger partial charge in [0.05, 0.1) is 12.1 Å². The minimum atomic E-state index is -0.0733. The third-order valence-electron chi connectivity index (χ3n) is 3.04. The Kier molecular flexibility index (Phi) is 3.96. The lowest BCUT2D eigenvalue weighted by molar-refractivity contribution is 0.0895. The molecule has 18 heavy (non-hydrogen) atoms. The molecule has 0 aliphatic heterocycles. The van der Waals surface area contributed by atoms with Gasteiger partial charge in [0.2, 0.25) is 0 Å². The number of nitrogens with two attached hydrogens (primary N) is 1. The highest BCUT2D eigenvalue weighted by Crippen LogP contribution is 2.26. The number of rotatable bonds is 2. The molecule has 1 aliphatic rings. The average Bonchev–Trinajstić information content (AvgIpc) is 2.35. The third-order valence-corrected chi connectivity index (χ3v) is 3.04.